The monoisotopic (exact) mass is 263 g/mol. The summed E-state index contributed by atoms with van der Waals surface area (Å²) >= 11 is 0. The minimum atomic E-state index is 0.201. The van der Waals surface area contributed by atoms with Crippen LogP contribution in [0.3, 0.4) is 0 Å². The van der Waals surface area contributed by atoms with Crippen LogP contribution in [0.2, 0.25) is 0 Å². The molecule has 1 saturated carbocycles. The zero-order valence-corrected chi connectivity index (χ0v) is 11.6. The number of nitrogens with one attached hydrogen (secondary N) is 1. The molecule has 4 heteroatoms. The molecule has 104 valence electrons. The van der Waals surface area contributed by atoms with Gasteiger partial charge >= 0.3 is 0 Å². The molecule has 0 saturated heterocycles. The lowest BCUT2D eigenvalue weighted by Gasteiger charge is -2.24. The van der Waals surface area contributed by atoms with Gasteiger partial charge in [-0.3, -0.25) is 4.79 Å². The molecule has 1 fully saturated rings. The van der Waals surface area contributed by atoms with E-state index in [1.54, 1.807) is 14.2 Å². The van der Waals surface area contributed by atoms with Crippen LogP contribution in [0.25, 0.3) is 0 Å². The first-order valence-electron chi connectivity index (χ1n) is 6.73. The average molecular weight is 263 g/mol. The Hall–Kier alpha value is -1.71. The van der Waals surface area contributed by atoms with Crippen LogP contribution >= 0.6 is 0 Å². The molecule has 0 spiro atoms. The second-order valence-electron chi connectivity index (χ2n) is 4.86. The van der Waals surface area contributed by atoms with Crippen LogP contribution in [-0.4, -0.2) is 26.7 Å². The summed E-state index contributed by atoms with van der Waals surface area (Å²) in [4.78, 5) is 11.7. The number of rotatable bonds is 6. The van der Waals surface area contributed by atoms with Crippen molar-refractivity contribution >= 4 is 5.91 Å². The van der Waals surface area contributed by atoms with Crippen molar-refractivity contribution in [3.8, 4) is 11.5 Å². The molecule has 0 bridgehead atoms. The van der Waals surface area contributed by atoms with Gasteiger partial charge in [-0.1, -0.05) is 12.5 Å². The van der Waals surface area contributed by atoms with Gasteiger partial charge in [0.2, 0.25) is 5.91 Å². The summed E-state index contributed by atoms with van der Waals surface area (Å²) in [5.41, 5.74) is 1.13. The third kappa shape index (κ3) is 3.40. The standard InChI is InChI=1S/C15H21NO3/c1-18-13-7-6-11(10-14(13)19-2)8-9-16-15(17)12-4-3-5-12/h6-7,10,12H,3-5,8-9H2,1-2H3,(H,16,17). The lowest BCUT2D eigenvalue weighted by atomic mass is 9.85. The Morgan fingerprint density at radius 3 is 2.58 bits per heavy atom. The van der Waals surface area contributed by atoms with E-state index in [4.69, 9.17) is 9.47 Å². The molecular weight excluding hydrogens is 242 g/mol. The van der Waals surface area contributed by atoms with Crippen molar-refractivity contribution in [3.05, 3.63) is 23.8 Å². The number of methoxy groups -OCH3 is 2. The number of hydrogen-bond donors (Lipinski definition) is 1. The van der Waals surface area contributed by atoms with Crippen molar-refractivity contribution in [2.45, 2.75) is 25.7 Å². The molecular formula is C15H21NO3. The Balaban J connectivity index is 1.83. The molecule has 1 amide bonds. The van der Waals surface area contributed by atoms with Gasteiger partial charge in [0, 0.05) is 12.5 Å². The Morgan fingerprint density at radius 2 is 2.00 bits per heavy atom. The number of carbonyl (C=O) groups excluding carboxylic acids is 1. The van der Waals surface area contributed by atoms with Crippen LogP contribution in [0.5, 0.6) is 11.5 Å². The topological polar surface area (TPSA) is 47.6 Å². The second-order valence-corrected chi connectivity index (χ2v) is 4.86. The SMILES string of the molecule is COc1ccc(CCNC(=O)C2CCC2)cc1OC. The van der Waals surface area contributed by atoms with Crippen molar-refractivity contribution in [2.24, 2.45) is 5.92 Å². The van der Waals surface area contributed by atoms with Crippen molar-refractivity contribution in [2.75, 3.05) is 20.8 Å². The molecule has 1 aliphatic rings. The van der Waals surface area contributed by atoms with Crippen LogP contribution in [0, 0.1) is 5.92 Å². The third-order valence-electron chi connectivity index (χ3n) is 3.64. The molecule has 0 heterocycles. The summed E-state index contributed by atoms with van der Waals surface area (Å²) in [5.74, 6) is 1.91. The van der Waals surface area contributed by atoms with Crippen molar-refractivity contribution in [1.29, 1.82) is 0 Å². The second kappa shape index (κ2) is 6.45. The summed E-state index contributed by atoms with van der Waals surface area (Å²) in [7, 11) is 3.25. The Labute approximate surface area is 114 Å². The quantitative estimate of drug-likeness (QED) is 0.855. The molecule has 1 aliphatic carbocycles. The van der Waals surface area contributed by atoms with E-state index in [1.807, 2.05) is 18.2 Å². The van der Waals surface area contributed by atoms with Gasteiger partial charge in [-0.2, -0.15) is 0 Å². The van der Waals surface area contributed by atoms with E-state index in [0.717, 1.165) is 36.3 Å². The number of benzene rings is 1. The van der Waals surface area contributed by atoms with E-state index in [2.05, 4.69) is 5.32 Å². The zero-order chi connectivity index (χ0) is 13.7. The highest BCUT2D eigenvalue weighted by atomic mass is 16.5. The highest BCUT2D eigenvalue weighted by Crippen LogP contribution is 2.28. The number of amides is 1. The summed E-state index contributed by atoms with van der Waals surface area (Å²) in [6.45, 7) is 0.671. The highest BCUT2D eigenvalue weighted by molar-refractivity contribution is 5.79. The maximum absolute atomic E-state index is 11.7. The first kappa shape index (κ1) is 13.7. The van der Waals surface area contributed by atoms with Gasteiger partial charge in [0.05, 0.1) is 14.2 Å². The first-order chi connectivity index (χ1) is 9.24. The fourth-order valence-corrected chi connectivity index (χ4v) is 2.18. The molecule has 1 N–H and O–H groups in total. The maximum atomic E-state index is 11.7. The Kier molecular flexibility index (Phi) is 4.66. The van der Waals surface area contributed by atoms with Crippen molar-refractivity contribution in [3.63, 3.8) is 0 Å². The van der Waals surface area contributed by atoms with Gasteiger partial charge in [0.1, 0.15) is 0 Å². The van der Waals surface area contributed by atoms with Gasteiger partial charge in [-0.15, -0.1) is 0 Å². The summed E-state index contributed by atoms with van der Waals surface area (Å²) in [5, 5.41) is 2.99. The average Bonchev–Trinajstić information content (AvgIpc) is 2.36. The minimum absolute atomic E-state index is 0.201. The van der Waals surface area contributed by atoms with Crippen molar-refractivity contribution < 1.29 is 14.3 Å². The van der Waals surface area contributed by atoms with E-state index in [1.165, 1.54) is 6.42 Å². The number of ether oxygens (including phenoxy) is 2. The molecule has 0 radical (unpaired) electrons. The molecule has 1 aromatic carbocycles. The molecule has 0 aliphatic heterocycles. The zero-order valence-electron chi connectivity index (χ0n) is 11.6. The molecule has 0 unspecified atom stereocenters. The van der Waals surface area contributed by atoms with Crippen LogP contribution in [0.1, 0.15) is 24.8 Å². The van der Waals surface area contributed by atoms with E-state index in [0.29, 0.717) is 6.54 Å². The Morgan fingerprint density at radius 1 is 1.26 bits per heavy atom. The lowest BCUT2D eigenvalue weighted by Crippen LogP contribution is -2.35. The van der Waals surface area contributed by atoms with Crippen LogP contribution in [0.15, 0.2) is 18.2 Å². The van der Waals surface area contributed by atoms with E-state index in [9.17, 15) is 4.79 Å². The van der Waals surface area contributed by atoms with Crippen LogP contribution in [-0.2, 0) is 11.2 Å². The van der Waals surface area contributed by atoms with Gasteiger partial charge in [-0.25, -0.2) is 0 Å². The Bertz CT molecular complexity index is 441. The van der Waals surface area contributed by atoms with Gasteiger partial charge in [-0.05, 0) is 37.0 Å². The van der Waals surface area contributed by atoms with Gasteiger partial charge in [0.15, 0.2) is 11.5 Å². The van der Waals surface area contributed by atoms with Crippen LogP contribution in [0.4, 0.5) is 0 Å². The number of carbonyl (C=O) groups is 1. The highest BCUT2D eigenvalue weighted by Gasteiger charge is 2.24. The van der Waals surface area contributed by atoms with Crippen LogP contribution < -0.4 is 14.8 Å². The summed E-state index contributed by atoms with van der Waals surface area (Å²) in [6, 6.07) is 5.84. The predicted molar refractivity (Wildman–Crippen MR) is 73.6 cm³/mol. The predicted octanol–water partition coefficient (Wildman–Crippen LogP) is 2.16. The van der Waals surface area contributed by atoms with E-state index < -0.39 is 0 Å². The smallest absolute Gasteiger partial charge is 0.223 e. The van der Waals surface area contributed by atoms with Gasteiger partial charge in [0.25, 0.3) is 0 Å². The minimum Gasteiger partial charge on any atom is -0.493 e. The fraction of sp³-hybridized carbons (Fsp3) is 0.533. The molecule has 0 aromatic heterocycles. The van der Waals surface area contributed by atoms with Crippen molar-refractivity contribution in [1.82, 2.24) is 5.32 Å². The normalized spacial score (nSPS) is 14.6. The summed E-state index contributed by atoms with van der Waals surface area (Å²) in [6.07, 6.45) is 4.08. The molecule has 4 nitrogen and oxygen atoms in total. The fourth-order valence-electron chi connectivity index (χ4n) is 2.18. The van der Waals surface area contributed by atoms with E-state index >= 15 is 0 Å². The maximum Gasteiger partial charge on any atom is 0.223 e. The summed E-state index contributed by atoms with van der Waals surface area (Å²) < 4.78 is 10.4. The lowest BCUT2D eigenvalue weighted by molar-refractivity contribution is -0.127. The first-order valence-corrected chi connectivity index (χ1v) is 6.73. The third-order valence-corrected chi connectivity index (χ3v) is 3.64. The van der Waals surface area contributed by atoms with Gasteiger partial charge < -0.3 is 14.8 Å². The van der Waals surface area contributed by atoms with E-state index in [-0.39, 0.29) is 11.8 Å². The molecule has 0 atom stereocenters. The number of hydrogen-bond acceptors (Lipinski definition) is 3. The molecule has 1 aromatic rings. The molecule has 19 heavy (non-hydrogen) atoms. The molecule has 2 rings (SSSR count). The largest absolute Gasteiger partial charge is 0.493 e.